The zero-order chi connectivity index (χ0) is 28.6. The van der Waals surface area contributed by atoms with Gasteiger partial charge in [0, 0.05) is 22.0 Å². The Bertz CT molecular complexity index is 1170. The third kappa shape index (κ3) is 6.23. The van der Waals surface area contributed by atoms with Gasteiger partial charge in [0.25, 0.3) is 11.8 Å². The molecule has 2 aromatic carbocycles. The van der Waals surface area contributed by atoms with Crippen molar-refractivity contribution in [3.8, 4) is 0 Å². The molecule has 0 bridgehead atoms. The molecule has 0 saturated carbocycles. The highest BCUT2D eigenvalue weighted by molar-refractivity contribution is 6.30. The number of benzene rings is 2. The fraction of sp³-hybridized carbons (Fsp3) is 0.300. The molecule has 0 aromatic heterocycles. The van der Waals surface area contributed by atoms with Crippen molar-refractivity contribution in [1.82, 2.24) is 0 Å². The maximum absolute atomic E-state index is 14.3. The largest absolute Gasteiger partial charge is 0.462 e. The van der Waals surface area contributed by atoms with E-state index >= 15 is 0 Å². The minimum absolute atomic E-state index is 0.178. The maximum atomic E-state index is 14.3. The van der Waals surface area contributed by atoms with Crippen molar-refractivity contribution in [3.05, 3.63) is 58.6 Å². The van der Waals surface area contributed by atoms with E-state index in [1.165, 1.54) is 18.2 Å². The summed E-state index contributed by atoms with van der Waals surface area (Å²) < 4.78 is 145. The highest BCUT2D eigenvalue weighted by atomic mass is 35.5. The van der Waals surface area contributed by atoms with Crippen LogP contribution in [-0.2, 0) is 9.53 Å². The van der Waals surface area contributed by atoms with Crippen LogP contribution in [0.3, 0.4) is 0 Å². The van der Waals surface area contributed by atoms with Gasteiger partial charge in [-0.15, -0.1) is 0 Å². The number of nitrogens with one attached hydrogen (secondary N) is 2. The topological polar surface area (TPSA) is 67.4 Å². The first-order valence-corrected chi connectivity index (χ1v) is 9.77. The summed E-state index contributed by atoms with van der Waals surface area (Å²) in [6.07, 6.45) is -21.2. The predicted octanol–water partition coefficient (Wildman–Crippen LogP) is 6.87. The quantitative estimate of drug-likeness (QED) is 0.356. The van der Waals surface area contributed by atoms with E-state index in [-0.39, 0.29) is 5.56 Å². The Morgan fingerprint density at radius 1 is 0.784 bits per heavy atom. The van der Waals surface area contributed by atoms with Gasteiger partial charge >= 0.3 is 30.2 Å². The number of ether oxygens (including phenoxy) is 1. The van der Waals surface area contributed by atoms with E-state index in [4.69, 9.17) is 11.6 Å². The summed E-state index contributed by atoms with van der Waals surface area (Å²) in [5.41, 5.74) is -0.121. The standard InChI is InChI=1S/C20H12ClF11N2O3/c1-9-8-11(21)4-7-13(9)34-14(35)10-2-5-12(6-3-10)33-15(36)16(22,18(25,26)27)37-20(31,32)17(23,24)19(28,29)30/h2-8H,1H3,(H,33,36)(H,34,35)/t16-/m0/s1. The molecule has 0 radical (unpaired) electrons. The van der Waals surface area contributed by atoms with Crippen molar-refractivity contribution in [2.45, 2.75) is 37.2 Å². The lowest BCUT2D eigenvalue weighted by molar-refractivity contribution is -0.472. The summed E-state index contributed by atoms with van der Waals surface area (Å²) in [7, 11) is 0. The van der Waals surface area contributed by atoms with Crippen LogP contribution in [0, 0.1) is 6.92 Å². The Morgan fingerprint density at radius 3 is 1.78 bits per heavy atom. The number of carbonyl (C=O) groups is 2. The Morgan fingerprint density at radius 2 is 1.32 bits per heavy atom. The second kappa shape index (κ2) is 9.96. The Labute approximate surface area is 204 Å². The third-order valence-electron chi connectivity index (χ3n) is 4.49. The summed E-state index contributed by atoms with van der Waals surface area (Å²) in [6, 6.07) is 7.51. The zero-order valence-corrected chi connectivity index (χ0v) is 18.6. The number of hydrogen-bond donors (Lipinski definition) is 2. The first kappa shape index (κ1) is 30.1. The number of halogens is 12. The molecule has 0 heterocycles. The molecule has 0 fully saturated rings. The molecule has 204 valence electrons. The molecular weight excluding hydrogens is 561 g/mol. The van der Waals surface area contributed by atoms with Crippen molar-refractivity contribution in [2.75, 3.05) is 10.6 Å². The van der Waals surface area contributed by atoms with Crippen LogP contribution in [0.15, 0.2) is 42.5 Å². The van der Waals surface area contributed by atoms with Gasteiger partial charge in [-0.25, -0.2) is 0 Å². The number of rotatable bonds is 7. The number of aryl methyl sites for hydroxylation is 1. The maximum Gasteiger partial charge on any atom is 0.462 e. The normalized spacial score (nSPS) is 14.6. The van der Waals surface area contributed by atoms with Crippen molar-refractivity contribution in [2.24, 2.45) is 0 Å². The van der Waals surface area contributed by atoms with Gasteiger partial charge in [-0.05, 0) is 55.0 Å². The zero-order valence-electron chi connectivity index (χ0n) is 17.8. The molecule has 2 aromatic rings. The van der Waals surface area contributed by atoms with Crippen LogP contribution in [0.4, 0.5) is 59.7 Å². The van der Waals surface area contributed by atoms with Gasteiger partial charge < -0.3 is 10.6 Å². The Hall–Kier alpha value is -3.14. The fourth-order valence-electron chi connectivity index (χ4n) is 2.52. The van der Waals surface area contributed by atoms with Gasteiger partial charge in [0.2, 0.25) is 0 Å². The molecule has 17 heteroatoms. The van der Waals surface area contributed by atoms with Crippen LogP contribution in [0.2, 0.25) is 5.02 Å². The lowest BCUT2D eigenvalue weighted by Crippen LogP contribution is -2.62. The van der Waals surface area contributed by atoms with Crippen LogP contribution in [-0.4, -0.2) is 42.1 Å². The minimum Gasteiger partial charge on any atom is -0.322 e. The van der Waals surface area contributed by atoms with Crippen molar-refractivity contribution >= 4 is 34.8 Å². The number of alkyl halides is 11. The first-order valence-electron chi connectivity index (χ1n) is 9.39. The average molecular weight is 573 g/mol. The lowest BCUT2D eigenvalue weighted by Gasteiger charge is -2.34. The molecule has 0 aliphatic rings. The van der Waals surface area contributed by atoms with Gasteiger partial charge in [-0.1, -0.05) is 11.6 Å². The predicted molar refractivity (Wildman–Crippen MR) is 106 cm³/mol. The molecule has 1 atom stereocenters. The number of amides is 2. The molecular formula is C20H12ClF11N2O3. The van der Waals surface area contributed by atoms with E-state index in [2.05, 4.69) is 10.1 Å². The number of carbonyl (C=O) groups excluding carboxylic acids is 2. The van der Waals surface area contributed by atoms with Crippen molar-refractivity contribution in [3.63, 3.8) is 0 Å². The molecule has 0 unspecified atom stereocenters. The van der Waals surface area contributed by atoms with Crippen LogP contribution in [0.5, 0.6) is 0 Å². The second-order valence-corrected chi connectivity index (χ2v) is 7.67. The summed E-state index contributed by atoms with van der Waals surface area (Å²) in [4.78, 5) is 24.1. The summed E-state index contributed by atoms with van der Waals surface area (Å²) >= 11 is 5.79. The van der Waals surface area contributed by atoms with Gasteiger partial charge in [0.05, 0.1) is 0 Å². The first-order chi connectivity index (χ1) is 16.6. The Kier molecular flexibility index (Phi) is 8.10. The van der Waals surface area contributed by atoms with E-state index in [1.807, 2.05) is 0 Å². The third-order valence-corrected chi connectivity index (χ3v) is 4.72. The van der Waals surface area contributed by atoms with Crippen molar-refractivity contribution in [1.29, 1.82) is 0 Å². The molecule has 2 rings (SSSR count). The van der Waals surface area contributed by atoms with Gasteiger partial charge in [-0.2, -0.15) is 48.3 Å². The molecule has 2 amide bonds. The van der Waals surface area contributed by atoms with Gasteiger partial charge in [0.15, 0.2) is 0 Å². The van der Waals surface area contributed by atoms with Crippen LogP contribution in [0.25, 0.3) is 0 Å². The van der Waals surface area contributed by atoms with E-state index in [0.717, 1.165) is 17.4 Å². The average Bonchev–Trinajstić information content (AvgIpc) is 2.74. The monoisotopic (exact) mass is 572 g/mol. The second-order valence-electron chi connectivity index (χ2n) is 7.23. The summed E-state index contributed by atoms with van der Waals surface area (Å²) in [5, 5.41) is 3.88. The molecule has 0 spiro atoms. The summed E-state index contributed by atoms with van der Waals surface area (Å²) in [5.74, 6) is -17.6. The van der Waals surface area contributed by atoms with E-state index in [1.54, 1.807) is 6.92 Å². The molecule has 0 aliphatic heterocycles. The van der Waals surface area contributed by atoms with E-state index in [0.29, 0.717) is 28.4 Å². The van der Waals surface area contributed by atoms with E-state index in [9.17, 15) is 57.9 Å². The van der Waals surface area contributed by atoms with Crippen LogP contribution < -0.4 is 10.6 Å². The van der Waals surface area contributed by atoms with Crippen molar-refractivity contribution < 1.29 is 62.6 Å². The SMILES string of the molecule is Cc1cc(Cl)ccc1NC(=O)c1ccc(NC(=O)[C@](F)(OC(F)(F)C(F)(F)C(F)(F)F)C(F)(F)F)cc1. The van der Waals surface area contributed by atoms with E-state index < -0.39 is 47.7 Å². The minimum atomic E-state index is -7.31. The van der Waals surface area contributed by atoms with Crippen LogP contribution in [0.1, 0.15) is 15.9 Å². The highest BCUT2D eigenvalue weighted by Gasteiger charge is 2.79. The molecule has 37 heavy (non-hydrogen) atoms. The number of hydrogen-bond acceptors (Lipinski definition) is 3. The smallest absolute Gasteiger partial charge is 0.322 e. The lowest BCUT2D eigenvalue weighted by atomic mass is 10.1. The molecule has 0 saturated heterocycles. The van der Waals surface area contributed by atoms with Gasteiger partial charge in [0.1, 0.15) is 0 Å². The highest BCUT2D eigenvalue weighted by Crippen LogP contribution is 2.51. The Balaban J connectivity index is 2.25. The fourth-order valence-corrected chi connectivity index (χ4v) is 2.74. The summed E-state index contributed by atoms with van der Waals surface area (Å²) in [6.45, 7) is 1.60. The molecule has 2 N–H and O–H groups in total. The molecule has 0 aliphatic carbocycles. The molecule has 5 nitrogen and oxygen atoms in total. The van der Waals surface area contributed by atoms with Gasteiger partial charge in [-0.3, -0.25) is 14.3 Å². The van der Waals surface area contributed by atoms with Crippen LogP contribution >= 0.6 is 11.6 Å². The number of anilines is 2.